The number of ether oxygens (including phenoxy) is 1. The van der Waals surface area contributed by atoms with Crippen molar-refractivity contribution in [2.24, 2.45) is 0 Å². The molecule has 0 saturated heterocycles. The zero-order chi connectivity index (χ0) is 13.7. The van der Waals surface area contributed by atoms with Gasteiger partial charge in [-0.15, -0.1) is 11.3 Å². The zero-order valence-electron chi connectivity index (χ0n) is 11.3. The van der Waals surface area contributed by atoms with Gasteiger partial charge in [-0.05, 0) is 31.7 Å². The molecule has 0 aliphatic rings. The number of aromatic nitrogens is 1. The Bertz CT molecular complexity index is 510. The van der Waals surface area contributed by atoms with Crippen molar-refractivity contribution < 1.29 is 4.74 Å². The van der Waals surface area contributed by atoms with E-state index in [9.17, 15) is 0 Å². The lowest BCUT2D eigenvalue weighted by atomic mass is 10.2. The molecule has 1 heterocycles. The Balaban J connectivity index is 1.89. The predicted octanol–water partition coefficient (Wildman–Crippen LogP) is 2.76. The molecule has 102 valence electrons. The van der Waals surface area contributed by atoms with E-state index in [-0.39, 0.29) is 0 Å². The SMILES string of the molecule is CCOc1ccc(CN(C)Cc2cnc(N)s2)cc1. The third kappa shape index (κ3) is 4.22. The van der Waals surface area contributed by atoms with Crippen molar-refractivity contribution in [3.8, 4) is 5.75 Å². The van der Waals surface area contributed by atoms with Crippen LogP contribution < -0.4 is 10.5 Å². The summed E-state index contributed by atoms with van der Waals surface area (Å²) in [5.74, 6) is 0.920. The van der Waals surface area contributed by atoms with Crippen molar-refractivity contribution in [2.75, 3.05) is 19.4 Å². The average Bonchev–Trinajstić information content (AvgIpc) is 2.77. The number of nitrogens with zero attached hydrogens (tertiary/aromatic N) is 2. The van der Waals surface area contributed by atoms with Crippen molar-refractivity contribution in [3.05, 3.63) is 40.9 Å². The predicted molar refractivity (Wildman–Crippen MR) is 79.3 cm³/mol. The molecular weight excluding hydrogens is 258 g/mol. The van der Waals surface area contributed by atoms with Gasteiger partial charge in [0.15, 0.2) is 5.13 Å². The molecule has 1 aromatic carbocycles. The largest absolute Gasteiger partial charge is 0.494 e. The Labute approximate surface area is 117 Å². The van der Waals surface area contributed by atoms with E-state index in [0.717, 1.165) is 18.8 Å². The number of benzene rings is 1. The molecule has 0 fully saturated rings. The summed E-state index contributed by atoms with van der Waals surface area (Å²) in [4.78, 5) is 7.49. The summed E-state index contributed by atoms with van der Waals surface area (Å²) in [6.07, 6.45) is 1.84. The number of thiazole rings is 1. The molecular formula is C14H19N3OS. The second-order valence-corrected chi connectivity index (χ2v) is 5.56. The van der Waals surface area contributed by atoms with Crippen LogP contribution in [0.1, 0.15) is 17.4 Å². The van der Waals surface area contributed by atoms with Gasteiger partial charge in [0.2, 0.25) is 0 Å². The van der Waals surface area contributed by atoms with Crippen LogP contribution in [0.3, 0.4) is 0 Å². The summed E-state index contributed by atoms with van der Waals surface area (Å²) in [6.45, 7) is 4.45. The molecule has 0 bridgehead atoms. The monoisotopic (exact) mass is 277 g/mol. The second-order valence-electron chi connectivity index (χ2n) is 4.41. The van der Waals surface area contributed by atoms with E-state index in [0.29, 0.717) is 11.7 Å². The molecule has 0 amide bonds. The Morgan fingerprint density at radius 1 is 1.26 bits per heavy atom. The maximum Gasteiger partial charge on any atom is 0.180 e. The Kier molecular flexibility index (Phi) is 4.76. The fourth-order valence-electron chi connectivity index (χ4n) is 1.89. The van der Waals surface area contributed by atoms with Crippen molar-refractivity contribution in [1.82, 2.24) is 9.88 Å². The lowest BCUT2D eigenvalue weighted by Crippen LogP contribution is -2.16. The van der Waals surface area contributed by atoms with Crippen molar-refractivity contribution in [1.29, 1.82) is 0 Å². The number of anilines is 1. The van der Waals surface area contributed by atoms with Gasteiger partial charge < -0.3 is 10.5 Å². The Hall–Kier alpha value is -1.59. The highest BCUT2D eigenvalue weighted by Gasteiger charge is 2.05. The quantitative estimate of drug-likeness (QED) is 0.882. The smallest absolute Gasteiger partial charge is 0.180 e. The molecule has 2 rings (SSSR count). The van der Waals surface area contributed by atoms with Gasteiger partial charge in [-0.2, -0.15) is 0 Å². The summed E-state index contributed by atoms with van der Waals surface area (Å²) < 4.78 is 5.43. The highest BCUT2D eigenvalue weighted by molar-refractivity contribution is 7.15. The van der Waals surface area contributed by atoms with Gasteiger partial charge in [0.05, 0.1) is 6.61 Å². The molecule has 0 aliphatic carbocycles. The van der Waals surface area contributed by atoms with Gasteiger partial charge in [0.25, 0.3) is 0 Å². The van der Waals surface area contributed by atoms with Crippen LogP contribution in [-0.2, 0) is 13.1 Å². The van der Waals surface area contributed by atoms with Crippen LogP contribution in [-0.4, -0.2) is 23.5 Å². The minimum atomic E-state index is 0.629. The minimum absolute atomic E-state index is 0.629. The van der Waals surface area contributed by atoms with Gasteiger partial charge in [0, 0.05) is 24.2 Å². The summed E-state index contributed by atoms with van der Waals surface area (Å²) in [7, 11) is 2.09. The molecule has 5 heteroatoms. The normalized spacial score (nSPS) is 10.9. The number of nitrogens with two attached hydrogens (primary N) is 1. The molecule has 0 saturated carbocycles. The van der Waals surface area contributed by atoms with Crippen LogP contribution in [0, 0.1) is 0 Å². The molecule has 0 atom stereocenters. The molecule has 0 spiro atoms. The average molecular weight is 277 g/mol. The minimum Gasteiger partial charge on any atom is -0.494 e. The first-order chi connectivity index (χ1) is 9.17. The molecule has 1 aromatic heterocycles. The van der Waals surface area contributed by atoms with Gasteiger partial charge >= 0.3 is 0 Å². The lowest BCUT2D eigenvalue weighted by molar-refractivity contribution is 0.320. The van der Waals surface area contributed by atoms with E-state index in [1.807, 2.05) is 25.3 Å². The third-order valence-electron chi connectivity index (χ3n) is 2.68. The molecule has 4 nitrogen and oxygen atoms in total. The first-order valence-electron chi connectivity index (χ1n) is 6.28. The van der Waals surface area contributed by atoms with Crippen LogP contribution in [0.25, 0.3) is 0 Å². The standard InChI is InChI=1S/C14H19N3OS/c1-3-18-12-6-4-11(5-7-12)9-17(2)10-13-8-16-14(15)19-13/h4-8H,3,9-10H2,1-2H3,(H2,15,16). The number of hydrogen-bond acceptors (Lipinski definition) is 5. The van der Waals surface area contributed by atoms with E-state index in [1.54, 1.807) is 11.3 Å². The summed E-state index contributed by atoms with van der Waals surface area (Å²) >= 11 is 1.54. The second kappa shape index (κ2) is 6.54. The fourth-order valence-corrected chi connectivity index (χ4v) is 2.65. The highest BCUT2D eigenvalue weighted by atomic mass is 32.1. The van der Waals surface area contributed by atoms with Crippen molar-refractivity contribution in [3.63, 3.8) is 0 Å². The van der Waals surface area contributed by atoms with E-state index in [2.05, 4.69) is 29.1 Å². The van der Waals surface area contributed by atoms with Crippen LogP contribution in [0.15, 0.2) is 30.5 Å². The Morgan fingerprint density at radius 2 is 2.00 bits per heavy atom. The summed E-state index contributed by atoms with van der Waals surface area (Å²) in [6, 6.07) is 8.22. The Morgan fingerprint density at radius 3 is 2.58 bits per heavy atom. The van der Waals surface area contributed by atoms with E-state index < -0.39 is 0 Å². The maximum atomic E-state index is 5.63. The van der Waals surface area contributed by atoms with E-state index >= 15 is 0 Å². The highest BCUT2D eigenvalue weighted by Crippen LogP contribution is 2.18. The van der Waals surface area contributed by atoms with Crippen LogP contribution in [0.4, 0.5) is 5.13 Å². The number of rotatable bonds is 6. The molecule has 2 N–H and O–H groups in total. The molecule has 0 aliphatic heterocycles. The van der Waals surface area contributed by atoms with Crippen molar-refractivity contribution in [2.45, 2.75) is 20.0 Å². The van der Waals surface area contributed by atoms with Crippen LogP contribution in [0.5, 0.6) is 5.75 Å². The van der Waals surface area contributed by atoms with Crippen LogP contribution in [0.2, 0.25) is 0 Å². The summed E-state index contributed by atoms with van der Waals surface area (Å²) in [5.41, 5.74) is 6.89. The van der Waals surface area contributed by atoms with Gasteiger partial charge in [-0.25, -0.2) is 4.98 Å². The van der Waals surface area contributed by atoms with Crippen molar-refractivity contribution >= 4 is 16.5 Å². The fraction of sp³-hybridized carbons (Fsp3) is 0.357. The lowest BCUT2D eigenvalue weighted by Gasteiger charge is -2.15. The van der Waals surface area contributed by atoms with E-state index in [4.69, 9.17) is 10.5 Å². The zero-order valence-corrected chi connectivity index (χ0v) is 12.1. The van der Waals surface area contributed by atoms with Gasteiger partial charge in [0.1, 0.15) is 5.75 Å². The van der Waals surface area contributed by atoms with Gasteiger partial charge in [-0.1, -0.05) is 12.1 Å². The first kappa shape index (κ1) is 13.8. The summed E-state index contributed by atoms with van der Waals surface area (Å²) in [5, 5.41) is 0.629. The van der Waals surface area contributed by atoms with E-state index in [1.165, 1.54) is 10.4 Å². The maximum absolute atomic E-state index is 5.63. The van der Waals surface area contributed by atoms with Gasteiger partial charge in [-0.3, -0.25) is 4.90 Å². The number of hydrogen-bond donors (Lipinski definition) is 1. The first-order valence-corrected chi connectivity index (χ1v) is 7.09. The third-order valence-corrected chi connectivity index (χ3v) is 3.50. The molecule has 0 unspecified atom stereocenters. The molecule has 0 radical (unpaired) electrons. The van der Waals surface area contributed by atoms with Crippen LogP contribution >= 0.6 is 11.3 Å². The number of nitrogen functional groups attached to an aromatic ring is 1. The molecule has 2 aromatic rings. The topological polar surface area (TPSA) is 51.4 Å². The molecule has 19 heavy (non-hydrogen) atoms.